The van der Waals surface area contributed by atoms with Gasteiger partial charge in [0.2, 0.25) is 0 Å². The molecule has 1 atom stereocenters. The zero-order valence-corrected chi connectivity index (χ0v) is 15.7. The van der Waals surface area contributed by atoms with E-state index < -0.39 is 0 Å². The first kappa shape index (κ1) is 19.0. The third-order valence-electron chi connectivity index (χ3n) is 4.23. The molecule has 0 aliphatic heterocycles. The number of benzene rings is 1. The van der Waals surface area contributed by atoms with Gasteiger partial charge >= 0.3 is 0 Å². The van der Waals surface area contributed by atoms with Crippen molar-refractivity contribution in [2.24, 2.45) is 11.7 Å². The Morgan fingerprint density at radius 1 is 0.909 bits per heavy atom. The van der Waals surface area contributed by atoms with Crippen LogP contribution in [0.4, 0.5) is 0 Å². The van der Waals surface area contributed by atoms with Crippen molar-refractivity contribution in [2.75, 3.05) is 0 Å². The van der Waals surface area contributed by atoms with Crippen LogP contribution in [0, 0.1) is 5.92 Å². The molecule has 0 heterocycles. The van der Waals surface area contributed by atoms with Crippen LogP contribution in [-0.4, -0.2) is 5.11 Å². The molecule has 0 aliphatic carbocycles. The molecule has 0 bridgehead atoms. The summed E-state index contributed by atoms with van der Waals surface area (Å²) < 4.78 is 0. The lowest BCUT2D eigenvalue weighted by molar-refractivity contribution is 0.421. The smallest absolute Gasteiger partial charge is 0.123 e. The van der Waals surface area contributed by atoms with Crippen LogP contribution < -0.4 is 5.73 Å². The maximum absolute atomic E-state index is 10.7. The summed E-state index contributed by atoms with van der Waals surface area (Å²) in [4.78, 5) is 0. The predicted octanol–water partition coefficient (Wildman–Crippen LogP) is 5.42. The second kappa shape index (κ2) is 6.62. The van der Waals surface area contributed by atoms with Crippen molar-refractivity contribution in [3.8, 4) is 5.75 Å². The summed E-state index contributed by atoms with van der Waals surface area (Å²) in [5.74, 6) is 1.09. The van der Waals surface area contributed by atoms with Gasteiger partial charge in [-0.3, -0.25) is 0 Å². The van der Waals surface area contributed by atoms with Crippen LogP contribution in [0.1, 0.15) is 91.0 Å². The molecular weight excluding hydrogens is 270 g/mol. The monoisotopic (exact) mass is 305 g/mol. The number of phenolic OH excluding ortho intramolecular Hbond substituents is 1. The fraction of sp³-hybridized carbons (Fsp3) is 0.700. The van der Waals surface area contributed by atoms with Crippen LogP contribution in [0.5, 0.6) is 5.75 Å². The van der Waals surface area contributed by atoms with Crippen LogP contribution in [0.25, 0.3) is 0 Å². The Morgan fingerprint density at radius 2 is 1.32 bits per heavy atom. The highest BCUT2D eigenvalue weighted by Gasteiger charge is 2.27. The average molecular weight is 306 g/mol. The summed E-state index contributed by atoms with van der Waals surface area (Å²) >= 11 is 0. The van der Waals surface area contributed by atoms with Gasteiger partial charge in [-0.1, -0.05) is 67.5 Å². The molecule has 126 valence electrons. The molecule has 3 N–H and O–H groups in total. The molecule has 1 aromatic carbocycles. The van der Waals surface area contributed by atoms with Gasteiger partial charge in [-0.05, 0) is 46.3 Å². The molecule has 0 saturated heterocycles. The molecule has 0 fully saturated rings. The maximum Gasteiger partial charge on any atom is 0.123 e. The molecule has 1 aromatic rings. The molecule has 1 rings (SSSR count). The Balaban J connectivity index is 3.35. The largest absolute Gasteiger partial charge is 0.507 e. The molecule has 0 aromatic heterocycles. The lowest BCUT2D eigenvalue weighted by Crippen LogP contribution is -2.20. The van der Waals surface area contributed by atoms with Crippen LogP contribution >= 0.6 is 0 Å². The molecule has 2 heteroatoms. The first-order valence-electron chi connectivity index (χ1n) is 8.47. The van der Waals surface area contributed by atoms with Crippen LogP contribution in [0.2, 0.25) is 0 Å². The fourth-order valence-corrected chi connectivity index (χ4v) is 2.69. The number of aromatic hydroxyl groups is 1. The Morgan fingerprint density at radius 3 is 1.64 bits per heavy atom. The van der Waals surface area contributed by atoms with E-state index in [4.69, 9.17) is 5.73 Å². The molecule has 22 heavy (non-hydrogen) atoms. The lowest BCUT2D eigenvalue weighted by Gasteiger charge is -2.29. The quantitative estimate of drug-likeness (QED) is 0.779. The molecule has 0 saturated carbocycles. The minimum atomic E-state index is -0.0993. The number of nitrogens with two attached hydrogens (primary N) is 1. The highest BCUT2D eigenvalue weighted by molar-refractivity contribution is 5.50. The van der Waals surface area contributed by atoms with E-state index in [1.807, 2.05) is 0 Å². The van der Waals surface area contributed by atoms with E-state index in [-0.39, 0.29) is 16.9 Å². The van der Waals surface area contributed by atoms with E-state index in [1.165, 1.54) is 0 Å². The molecule has 0 aliphatic rings. The molecule has 0 spiro atoms. The molecule has 2 nitrogen and oxygen atoms in total. The van der Waals surface area contributed by atoms with Crippen molar-refractivity contribution in [1.82, 2.24) is 0 Å². The standard InChI is InChI=1S/C20H35NO/c1-13(2)9-10-17(21)14-11-15(19(3,4)5)18(22)16(12-14)20(6,7)8/h11-13,17,22H,9-10,21H2,1-8H3/t17-/m1/s1. The summed E-state index contributed by atoms with van der Waals surface area (Å²) in [7, 11) is 0. The van der Waals surface area contributed by atoms with Gasteiger partial charge in [0.05, 0.1) is 0 Å². The zero-order chi connectivity index (χ0) is 17.3. The number of phenols is 1. The summed E-state index contributed by atoms with van der Waals surface area (Å²) in [6, 6.07) is 4.25. The normalized spacial score (nSPS) is 14.5. The van der Waals surface area contributed by atoms with Gasteiger partial charge in [0, 0.05) is 6.04 Å². The highest BCUT2D eigenvalue weighted by Crippen LogP contribution is 2.41. The van der Waals surface area contributed by atoms with Gasteiger partial charge < -0.3 is 10.8 Å². The third kappa shape index (κ3) is 4.74. The predicted molar refractivity (Wildman–Crippen MR) is 96.5 cm³/mol. The van der Waals surface area contributed by atoms with Crippen molar-refractivity contribution in [1.29, 1.82) is 0 Å². The van der Waals surface area contributed by atoms with Crippen molar-refractivity contribution in [2.45, 2.75) is 85.1 Å². The van der Waals surface area contributed by atoms with Crippen LogP contribution in [-0.2, 0) is 10.8 Å². The van der Waals surface area contributed by atoms with Crippen molar-refractivity contribution >= 4 is 0 Å². The van der Waals surface area contributed by atoms with E-state index in [1.54, 1.807) is 0 Å². The second-order valence-electron chi connectivity index (χ2n) is 9.04. The minimum absolute atomic E-state index is 0.0326. The van der Waals surface area contributed by atoms with Crippen molar-refractivity contribution in [3.63, 3.8) is 0 Å². The van der Waals surface area contributed by atoms with Crippen molar-refractivity contribution in [3.05, 3.63) is 28.8 Å². The summed E-state index contributed by atoms with van der Waals surface area (Å²) in [6.45, 7) is 17.3. The molecular formula is C20H35NO. The number of hydrogen-bond donors (Lipinski definition) is 2. The SMILES string of the molecule is CC(C)CC[C@@H](N)c1cc(C(C)(C)C)c(O)c(C(C)(C)C)c1. The first-order valence-corrected chi connectivity index (χ1v) is 8.47. The van der Waals surface area contributed by atoms with Crippen LogP contribution in [0.3, 0.4) is 0 Å². The van der Waals surface area contributed by atoms with E-state index in [0.717, 1.165) is 29.5 Å². The van der Waals surface area contributed by atoms with E-state index in [9.17, 15) is 5.11 Å². The summed E-state index contributed by atoms with van der Waals surface area (Å²) in [5, 5.41) is 10.7. The second-order valence-corrected chi connectivity index (χ2v) is 9.04. The lowest BCUT2D eigenvalue weighted by atomic mass is 9.77. The third-order valence-corrected chi connectivity index (χ3v) is 4.23. The molecule has 0 radical (unpaired) electrons. The molecule has 0 unspecified atom stereocenters. The molecule has 0 amide bonds. The van der Waals surface area contributed by atoms with E-state index in [2.05, 4.69) is 67.5 Å². The average Bonchev–Trinajstić information content (AvgIpc) is 2.33. The Labute approximate surface area is 137 Å². The number of rotatable bonds is 4. The van der Waals surface area contributed by atoms with Gasteiger partial charge in [-0.15, -0.1) is 0 Å². The summed E-state index contributed by atoms with van der Waals surface area (Å²) in [6.07, 6.45) is 2.10. The Kier molecular flexibility index (Phi) is 5.72. The van der Waals surface area contributed by atoms with Crippen molar-refractivity contribution < 1.29 is 5.11 Å². The first-order chi connectivity index (χ1) is 9.84. The van der Waals surface area contributed by atoms with Gasteiger partial charge in [0.25, 0.3) is 0 Å². The summed E-state index contributed by atoms with van der Waals surface area (Å²) in [5.41, 5.74) is 9.37. The van der Waals surface area contributed by atoms with E-state index in [0.29, 0.717) is 11.7 Å². The van der Waals surface area contributed by atoms with Crippen LogP contribution in [0.15, 0.2) is 12.1 Å². The van der Waals surface area contributed by atoms with Gasteiger partial charge in [-0.2, -0.15) is 0 Å². The van der Waals surface area contributed by atoms with E-state index >= 15 is 0 Å². The topological polar surface area (TPSA) is 46.2 Å². The minimum Gasteiger partial charge on any atom is -0.507 e. The Hall–Kier alpha value is -1.02. The fourth-order valence-electron chi connectivity index (χ4n) is 2.69. The zero-order valence-electron chi connectivity index (χ0n) is 15.7. The highest BCUT2D eigenvalue weighted by atomic mass is 16.3. The Bertz CT molecular complexity index is 468. The van der Waals surface area contributed by atoms with Gasteiger partial charge in [0.1, 0.15) is 5.75 Å². The van der Waals surface area contributed by atoms with Gasteiger partial charge in [-0.25, -0.2) is 0 Å². The maximum atomic E-state index is 10.7. The van der Waals surface area contributed by atoms with Gasteiger partial charge in [0.15, 0.2) is 0 Å². The number of hydrogen-bond acceptors (Lipinski definition) is 2.